The van der Waals surface area contributed by atoms with E-state index in [0.717, 1.165) is 22.4 Å². The fraction of sp³-hybridized carbons (Fsp3) is 0.263. The lowest BCUT2D eigenvalue weighted by Gasteiger charge is -2.18. The molecule has 0 aliphatic rings. The van der Waals surface area contributed by atoms with Crippen LogP contribution in [0.3, 0.4) is 0 Å². The first-order chi connectivity index (χ1) is 11.7. The van der Waals surface area contributed by atoms with E-state index in [0.29, 0.717) is 13.0 Å². The first kappa shape index (κ1) is 16.2. The highest BCUT2D eigenvalue weighted by atomic mass is 16.3. The van der Waals surface area contributed by atoms with E-state index < -0.39 is 0 Å². The average molecular weight is 323 g/mol. The zero-order valence-corrected chi connectivity index (χ0v) is 13.7. The lowest BCUT2D eigenvalue weighted by molar-refractivity contribution is -0.131. The van der Waals surface area contributed by atoms with Crippen LogP contribution in [0.25, 0.3) is 11.0 Å². The van der Waals surface area contributed by atoms with Gasteiger partial charge in [-0.25, -0.2) is 4.98 Å². The third-order valence-electron chi connectivity index (χ3n) is 4.05. The lowest BCUT2D eigenvalue weighted by Crippen LogP contribution is -2.30. The third-order valence-corrected chi connectivity index (χ3v) is 4.05. The van der Waals surface area contributed by atoms with E-state index in [1.165, 1.54) is 0 Å². The molecule has 0 fully saturated rings. The monoisotopic (exact) mass is 323 g/mol. The Bertz CT molecular complexity index is 827. The van der Waals surface area contributed by atoms with Crippen molar-refractivity contribution in [3.63, 3.8) is 0 Å². The number of carbonyl (C=O) groups excluding carboxylic acids is 1. The first-order valence-corrected chi connectivity index (χ1v) is 8.02. The molecule has 0 aliphatic heterocycles. The number of hydrogen-bond donors (Lipinski definition) is 1. The maximum absolute atomic E-state index is 12.6. The van der Waals surface area contributed by atoms with Crippen LogP contribution in [-0.4, -0.2) is 39.1 Å². The Hall–Kier alpha value is -2.66. The number of benzene rings is 2. The van der Waals surface area contributed by atoms with Crippen molar-refractivity contribution in [2.45, 2.75) is 19.5 Å². The Morgan fingerprint density at radius 1 is 1.12 bits per heavy atom. The van der Waals surface area contributed by atoms with Crippen molar-refractivity contribution in [1.82, 2.24) is 14.5 Å². The van der Waals surface area contributed by atoms with E-state index in [9.17, 15) is 9.90 Å². The van der Waals surface area contributed by atoms with Gasteiger partial charge in [0.1, 0.15) is 12.4 Å². The highest BCUT2D eigenvalue weighted by molar-refractivity contribution is 5.81. The third kappa shape index (κ3) is 3.46. The first-order valence-electron chi connectivity index (χ1n) is 8.02. The second kappa shape index (κ2) is 7.27. The number of aliphatic hydroxyl groups is 1. The second-order valence-electron chi connectivity index (χ2n) is 5.81. The van der Waals surface area contributed by atoms with Crippen LogP contribution in [0.2, 0.25) is 0 Å². The maximum atomic E-state index is 12.6. The number of para-hydroxylation sites is 2. The smallest absolute Gasteiger partial charge is 0.242 e. The number of rotatable bonds is 6. The fourth-order valence-corrected chi connectivity index (χ4v) is 2.79. The largest absolute Gasteiger partial charge is 0.396 e. The topological polar surface area (TPSA) is 58.4 Å². The van der Waals surface area contributed by atoms with Crippen molar-refractivity contribution in [2.24, 2.45) is 0 Å². The molecule has 2 aromatic carbocycles. The summed E-state index contributed by atoms with van der Waals surface area (Å²) in [5.74, 6) is 0.751. The van der Waals surface area contributed by atoms with Gasteiger partial charge in [0.25, 0.3) is 0 Å². The number of fused-ring (bicyclic) bond motifs is 1. The van der Waals surface area contributed by atoms with E-state index >= 15 is 0 Å². The Balaban J connectivity index is 1.80. The minimum atomic E-state index is 0.0113. The number of carbonyl (C=O) groups is 1. The standard InChI is InChI=1S/C19H21N3O2/c1-21(13-15-7-3-2-4-8-15)19(24)14-22-17-10-6-5-9-16(17)20-18(22)11-12-23/h2-10,23H,11-14H2,1H3. The van der Waals surface area contributed by atoms with Crippen LogP contribution in [0.5, 0.6) is 0 Å². The molecule has 5 nitrogen and oxygen atoms in total. The Morgan fingerprint density at radius 3 is 2.58 bits per heavy atom. The van der Waals surface area contributed by atoms with Crippen LogP contribution in [-0.2, 0) is 24.3 Å². The number of imidazole rings is 1. The van der Waals surface area contributed by atoms with Crippen molar-refractivity contribution in [3.8, 4) is 0 Å². The fourth-order valence-electron chi connectivity index (χ4n) is 2.79. The molecule has 0 aliphatic carbocycles. The van der Waals surface area contributed by atoms with Crippen LogP contribution in [0, 0.1) is 0 Å². The average Bonchev–Trinajstić information content (AvgIpc) is 2.94. The summed E-state index contributed by atoms with van der Waals surface area (Å²) in [4.78, 5) is 18.9. The highest BCUT2D eigenvalue weighted by Crippen LogP contribution is 2.17. The molecule has 3 aromatic rings. The van der Waals surface area contributed by atoms with Crippen LogP contribution in [0.15, 0.2) is 54.6 Å². The van der Waals surface area contributed by atoms with E-state index in [-0.39, 0.29) is 19.1 Å². The number of amides is 1. The zero-order chi connectivity index (χ0) is 16.9. The molecule has 0 atom stereocenters. The van der Waals surface area contributed by atoms with Gasteiger partial charge in [-0.2, -0.15) is 0 Å². The number of aliphatic hydroxyl groups excluding tert-OH is 1. The molecule has 5 heteroatoms. The van der Waals surface area contributed by atoms with Gasteiger partial charge in [-0.15, -0.1) is 0 Å². The second-order valence-corrected chi connectivity index (χ2v) is 5.81. The van der Waals surface area contributed by atoms with Gasteiger partial charge >= 0.3 is 0 Å². The molecule has 1 aromatic heterocycles. The summed E-state index contributed by atoms with van der Waals surface area (Å²) < 4.78 is 1.90. The number of likely N-dealkylation sites (N-methyl/N-ethyl adjacent to an activating group) is 1. The SMILES string of the molecule is CN(Cc1ccccc1)C(=O)Cn1c(CCO)nc2ccccc21. The molecule has 1 amide bonds. The molecule has 0 saturated carbocycles. The van der Waals surface area contributed by atoms with Gasteiger partial charge in [-0.3, -0.25) is 4.79 Å². The molecule has 0 saturated heterocycles. The Kier molecular flexibility index (Phi) is 4.91. The van der Waals surface area contributed by atoms with Crippen molar-refractivity contribution < 1.29 is 9.90 Å². The molecule has 0 radical (unpaired) electrons. The van der Waals surface area contributed by atoms with Crippen LogP contribution < -0.4 is 0 Å². The molecule has 1 heterocycles. The van der Waals surface area contributed by atoms with Gasteiger partial charge in [0.05, 0.1) is 17.6 Å². The molecule has 3 rings (SSSR count). The molecular weight excluding hydrogens is 302 g/mol. The van der Waals surface area contributed by atoms with Gasteiger partial charge in [-0.1, -0.05) is 42.5 Å². The van der Waals surface area contributed by atoms with Gasteiger partial charge in [0, 0.05) is 20.0 Å². The van der Waals surface area contributed by atoms with Crippen molar-refractivity contribution in [3.05, 3.63) is 66.0 Å². The van der Waals surface area contributed by atoms with E-state index in [2.05, 4.69) is 4.98 Å². The van der Waals surface area contributed by atoms with E-state index in [4.69, 9.17) is 0 Å². The van der Waals surface area contributed by atoms with Gasteiger partial charge in [0.2, 0.25) is 5.91 Å². The molecule has 124 valence electrons. The minimum absolute atomic E-state index is 0.0113. The molecule has 1 N–H and O–H groups in total. The quantitative estimate of drug-likeness (QED) is 0.757. The summed E-state index contributed by atoms with van der Waals surface area (Å²) in [5, 5.41) is 9.26. The molecule has 0 unspecified atom stereocenters. The molecule has 24 heavy (non-hydrogen) atoms. The predicted octanol–water partition coefficient (Wildman–Crippen LogP) is 2.23. The molecule has 0 spiro atoms. The summed E-state index contributed by atoms with van der Waals surface area (Å²) >= 11 is 0. The van der Waals surface area contributed by atoms with Crippen LogP contribution >= 0.6 is 0 Å². The molecule has 0 bridgehead atoms. The maximum Gasteiger partial charge on any atom is 0.242 e. The molecular formula is C19H21N3O2. The number of aromatic nitrogens is 2. The van der Waals surface area contributed by atoms with Crippen molar-refractivity contribution in [1.29, 1.82) is 0 Å². The van der Waals surface area contributed by atoms with Crippen LogP contribution in [0.4, 0.5) is 0 Å². The van der Waals surface area contributed by atoms with Gasteiger partial charge < -0.3 is 14.6 Å². The summed E-state index contributed by atoms with van der Waals surface area (Å²) in [5.41, 5.74) is 2.86. The van der Waals surface area contributed by atoms with Crippen molar-refractivity contribution in [2.75, 3.05) is 13.7 Å². The van der Waals surface area contributed by atoms with Crippen molar-refractivity contribution >= 4 is 16.9 Å². The number of hydrogen-bond acceptors (Lipinski definition) is 3. The predicted molar refractivity (Wildman–Crippen MR) is 93.4 cm³/mol. The zero-order valence-electron chi connectivity index (χ0n) is 13.7. The minimum Gasteiger partial charge on any atom is -0.396 e. The van der Waals surface area contributed by atoms with E-state index in [1.54, 1.807) is 11.9 Å². The number of nitrogens with zero attached hydrogens (tertiary/aromatic N) is 3. The van der Waals surface area contributed by atoms with Gasteiger partial charge in [0.15, 0.2) is 0 Å². The summed E-state index contributed by atoms with van der Waals surface area (Å²) in [7, 11) is 1.81. The van der Waals surface area contributed by atoms with Gasteiger partial charge in [-0.05, 0) is 17.7 Å². The van der Waals surface area contributed by atoms with Crippen LogP contribution in [0.1, 0.15) is 11.4 Å². The Labute approximate surface area is 141 Å². The summed E-state index contributed by atoms with van der Waals surface area (Å²) in [6, 6.07) is 17.6. The lowest BCUT2D eigenvalue weighted by atomic mass is 10.2. The normalized spacial score (nSPS) is 10.9. The Morgan fingerprint density at radius 2 is 1.83 bits per heavy atom. The summed E-state index contributed by atoms with van der Waals surface area (Å²) in [6.45, 7) is 0.804. The van der Waals surface area contributed by atoms with E-state index in [1.807, 2.05) is 59.2 Å². The summed E-state index contributed by atoms with van der Waals surface area (Å²) in [6.07, 6.45) is 0.435. The highest BCUT2D eigenvalue weighted by Gasteiger charge is 2.16.